The maximum Gasteiger partial charge on any atom is 0.106 e. The van der Waals surface area contributed by atoms with Crippen LogP contribution in [0.3, 0.4) is 0 Å². The molecule has 0 aliphatic heterocycles. The smallest absolute Gasteiger partial charge is 0.106 e. The van der Waals surface area contributed by atoms with Crippen LogP contribution < -0.4 is 0 Å². The predicted octanol–water partition coefficient (Wildman–Crippen LogP) is 1.02. The summed E-state index contributed by atoms with van der Waals surface area (Å²) in [5, 5.41) is 10.3. The summed E-state index contributed by atoms with van der Waals surface area (Å²) >= 11 is 0. The fourth-order valence-corrected chi connectivity index (χ4v) is 0.799. The lowest BCUT2D eigenvalue weighted by atomic mass is 10.1. The fraction of sp³-hybridized carbons (Fsp3) is 0.571. The molecular formula is C7H11N2O. The number of nitrogens with one attached hydrogen (secondary N) is 1. The zero-order valence-electron chi connectivity index (χ0n) is 6.00. The summed E-state index contributed by atoms with van der Waals surface area (Å²) in [6, 6.07) is 0. The van der Waals surface area contributed by atoms with E-state index < -0.39 is 0 Å². The van der Waals surface area contributed by atoms with Crippen molar-refractivity contribution in [1.29, 1.82) is 0 Å². The summed E-state index contributed by atoms with van der Waals surface area (Å²) < 4.78 is 0. The van der Waals surface area contributed by atoms with Crippen molar-refractivity contribution in [2.75, 3.05) is 6.61 Å². The van der Waals surface area contributed by atoms with E-state index in [4.69, 9.17) is 0 Å². The molecule has 0 saturated carbocycles. The molecule has 3 heteroatoms. The van der Waals surface area contributed by atoms with Gasteiger partial charge in [-0.25, -0.2) is 10.1 Å². The van der Waals surface area contributed by atoms with Crippen molar-refractivity contribution in [3.8, 4) is 0 Å². The molecule has 55 valence electrons. The molecule has 3 nitrogen and oxygen atoms in total. The molecule has 1 heterocycles. The third kappa shape index (κ3) is 1.84. The molecule has 0 amide bonds. The van der Waals surface area contributed by atoms with E-state index >= 15 is 0 Å². The summed E-state index contributed by atoms with van der Waals surface area (Å²) in [5.74, 6) is 1.09. The van der Waals surface area contributed by atoms with Crippen molar-refractivity contribution in [3.63, 3.8) is 0 Å². The molecule has 0 bridgehead atoms. The van der Waals surface area contributed by atoms with Crippen LogP contribution in [0, 0.1) is 5.92 Å². The SMILES string of the molecule is CC(C[O])Cc1ncc[nH]1. The summed E-state index contributed by atoms with van der Waals surface area (Å²) in [5.41, 5.74) is 0. The lowest BCUT2D eigenvalue weighted by molar-refractivity contribution is 0.150. The van der Waals surface area contributed by atoms with E-state index in [0.29, 0.717) is 0 Å². The van der Waals surface area contributed by atoms with Gasteiger partial charge in [-0.05, 0) is 5.92 Å². The largest absolute Gasteiger partial charge is 0.349 e. The molecule has 1 N–H and O–H groups in total. The average molecular weight is 139 g/mol. The van der Waals surface area contributed by atoms with Gasteiger partial charge in [0.25, 0.3) is 0 Å². The molecule has 1 aromatic rings. The summed E-state index contributed by atoms with van der Waals surface area (Å²) in [6.07, 6.45) is 4.23. The maximum absolute atomic E-state index is 10.3. The molecule has 0 fully saturated rings. The average Bonchev–Trinajstić information content (AvgIpc) is 2.40. The monoisotopic (exact) mass is 139 g/mol. The lowest BCUT2D eigenvalue weighted by Gasteiger charge is -2.01. The Morgan fingerprint density at radius 3 is 3.10 bits per heavy atom. The molecule has 10 heavy (non-hydrogen) atoms. The second kappa shape index (κ2) is 3.37. The van der Waals surface area contributed by atoms with Crippen LogP contribution in [-0.2, 0) is 11.5 Å². The Morgan fingerprint density at radius 2 is 2.60 bits per heavy atom. The van der Waals surface area contributed by atoms with E-state index in [0.717, 1.165) is 12.2 Å². The minimum atomic E-state index is -0.0271. The van der Waals surface area contributed by atoms with Gasteiger partial charge in [-0.2, -0.15) is 0 Å². The van der Waals surface area contributed by atoms with Gasteiger partial charge >= 0.3 is 0 Å². The molecule has 1 unspecified atom stereocenters. The molecular weight excluding hydrogens is 128 g/mol. The number of aromatic amines is 1. The highest BCUT2D eigenvalue weighted by Crippen LogP contribution is 2.01. The molecule has 1 atom stereocenters. The Balaban J connectivity index is 2.40. The first-order valence-electron chi connectivity index (χ1n) is 3.39. The number of nitrogens with zero attached hydrogens (tertiary/aromatic N) is 1. The minimum absolute atomic E-state index is 0.0271. The van der Waals surface area contributed by atoms with Gasteiger partial charge in [-0.3, -0.25) is 0 Å². The van der Waals surface area contributed by atoms with Crippen molar-refractivity contribution in [1.82, 2.24) is 9.97 Å². The van der Waals surface area contributed by atoms with Crippen LogP contribution in [0.2, 0.25) is 0 Å². The third-order valence-electron chi connectivity index (χ3n) is 1.38. The highest BCUT2D eigenvalue weighted by molar-refractivity contribution is 4.87. The van der Waals surface area contributed by atoms with Crippen LogP contribution in [0.15, 0.2) is 12.4 Å². The number of hydrogen-bond donors (Lipinski definition) is 1. The molecule has 0 aromatic carbocycles. The van der Waals surface area contributed by atoms with Crippen molar-refractivity contribution >= 4 is 0 Å². The van der Waals surface area contributed by atoms with Crippen molar-refractivity contribution < 1.29 is 5.11 Å². The van der Waals surface area contributed by atoms with Crippen LogP contribution in [0.5, 0.6) is 0 Å². The van der Waals surface area contributed by atoms with Crippen molar-refractivity contribution in [2.45, 2.75) is 13.3 Å². The van der Waals surface area contributed by atoms with Crippen LogP contribution in [0.4, 0.5) is 0 Å². The van der Waals surface area contributed by atoms with E-state index in [1.54, 1.807) is 12.4 Å². The Kier molecular flexibility index (Phi) is 2.45. The zero-order valence-corrected chi connectivity index (χ0v) is 6.00. The maximum atomic E-state index is 10.3. The van der Waals surface area contributed by atoms with Gasteiger partial charge in [-0.1, -0.05) is 6.92 Å². The second-order valence-corrected chi connectivity index (χ2v) is 2.51. The fourth-order valence-electron chi connectivity index (χ4n) is 0.799. The van der Waals surface area contributed by atoms with Gasteiger partial charge in [0, 0.05) is 18.8 Å². The zero-order chi connectivity index (χ0) is 7.40. The Labute approximate surface area is 60.1 Å². The van der Waals surface area contributed by atoms with Crippen LogP contribution >= 0.6 is 0 Å². The second-order valence-electron chi connectivity index (χ2n) is 2.51. The van der Waals surface area contributed by atoms with Gasteiger partial charge in [0.05, 0.1) is 6.61 Å². The molecule has 1 radical (unpaired) electrons. The molecule has 0 spiro atoms. The Bertz CT molecular complexity index is 172. The predicted molar refractivity (Wildman–Crippen MR) is 37.0 cm³/mol. The van der Waals surface area contributed by atoms with Crippen LogP contribution in [-0.4, -0.2) is 16.6 Å². The normalized spacial score (nSPS) is 13.4. The van der Waals surface area contributed by atoms with E-state index in [1.807, 2.05) is 6.92 Å². The van der Waals surface area contributed by atoms with Gasteiger partial charge in [0.1, 0.15) is 5.82 Å². The van der Waals surface area contributed by atoms with Gasteiger partial charge in [0.15, 0.2) is 0 Å². The van der Waals surface area contributed by atoms with Crippen molar-refractivity contribution in [2.24, 2.45) is 5.92 Å². The van der Waals surface area contributed by atoms with E-state index in [1.165, 1.54) is 0 Å². The first-order valence-corrected chi connectivity index (χ1v) is 3.39. The lowest BCUT2D eigenvalue weighted by Crippen LogP contribution is -2.04. The topological polar surface area (TPSA) is 48.6 Å². The van der Waals surface area contributed by atoms with Crippen LogP contribution in [0.1, 0.15) is 12.7 Å². The van der Waals surface area contributed by atoms with Gasteiger partial charge in [0.2, 0.25) is 0 Å². The van der Waals surface area contributed by atoms with Gasteiger partial charge < -0.3 is 4.98 Å². The highest BCUT2D eigenvalue weighted by Gasteiger charge is 2.02. The third-order valence-corrected chi connectivity index (χ3v) is 1.38. The number of aromatic nitrogens is 2. The summed E-state index contributed by atoms with van der Waals surface area (Å²) in [4.78, 5) is 6.96. The highest BCUT2D eigenvalue weighted by atomic mass is 16.3. The quantitative estimate of drug-likeness (QED) is 0.667. The van der Waals surface area contributed by atoms with Gasteiger partial charge in [-0.15, -0.1) is 0 Å². The standard InChI is InChI=1S/C7H11N2O/c1-6(5-10)4-7-8-2-3-9-7/h2-3,6H,4-5H2,1H3,(H,8,9). The molecule has 0 aliphatic rings. The molecule has 1 rings (SSSR count). The molecule has 1 aromatic heterocycles. The summed E-state index contributed by atoms with van der Waals surface area (Å²) in [6.45, 7) is 1.90. The van der Waals surface area contributed by atoms with Crippen molar-refractivity contribution in [3.05, 3.63) is 18.2 Å². The van der Waals surface area contributed by atoms with E-state index in [9.17, 15) is 5.11 Å². The number of imidazole rings is 1. The Hall–Kier alpha value is -0.830. The van der Waals surface area contributed by atoms with Crippen LogP contribution in [0.25, 0.3) is 0 Å². The van der Waals surface area contributed by atoms with E-state index in [2.05, 4.69) is 9.97 Å². The number of hydrogen-bond acceptors (Lipinski definition) is 1. The first-order chi connectivity index (χ1) is 4.83. The van der Waals surface area contributed by atoms with E-state index in [-0.39, 0.29) is 12.5 Å². The Morgan fingerprint density at radius 1 is 1.80 bits per heavy atom. The first kappa shape index (κ1) is 7.28. The molecule has 0 saturated heterocycles. The summed E-state index contributed by atoms with van der Waals surface area (Å²) in [7, 11) is 0. The number of rotatable bonds is 3. The molecule has 0 aliphatic carbocycles. The number of H-pyrrole nitrogens is 1. The minimum Gasteiger partial charge on any atom is -0.349 e.